The number of nitrogens with zero attached hydrogens (tertiary/aromatic N) is 4. The number of hydrogen-bond acceptors (Lipinski definition) is 16. The number of rotatable bonds is 28. The van der Waals surface area contributed by atoms with Gasteiger partial charge in [-0.3, -0.25) is 38.4 Å². The molecule has 1 spiro atoms. The van der Waals surface area contributed by atoms with Crippen LogP contribution in [0.1, 0.15) is 151 Å². The molecule has 0 radical (unpaired) electrons. The van der Waals surface area contributed by atoms with Gasteiger partial charge in [-0.15, -0.1) is 0 Å². The second-order valence-corrected chi connectivity index (χ2v) is 29.0. The van der Waals surface area contributed by atoms with Crippen LogP contribution >= 0.6 is 0 Å². The van der Waals surface area contributed by atoms with Gasteiger partial charge in [-0.1, -0.05) is 98.5 Å². The van der Waals surface area contributed by atoms with Crippen molar-refractivity contribution in [1.29, 1.82) is 0 Å². The van der Waals surface area contributed by atoms with Gasteiger partial charge in [0, 0.05) is 92.4 Å². The number of carbonyl (C=O) groups is 9. The topological polar surface area (TPSA) is 266 Å². The van der Waals surface area contributed by atoms with E-state index in [4.69, 9.17) is 28.4 Å². The highest BCUT2D eigenvalue weighted by atomic mass is 16.6. The Labute approximate surface area is 621 Å². The van der Waals surface area contributed by atoms with Crippen LogP contribution in [0.15, 0.2) is 140 Å². The zero-order valence-electron chi connectivity index (χ0n) is 61.0. The first-order chi connectivity index (χ1) is 51.7. The lowest BCUT2D eigenvalue weighted by molar-refractivity contribution is -0.133. The zero-order valence-corrected chi connectivity index (χ0v) is 61.0. The maximum atomic E-state index is 14.6. The van der Waals surface area contributed by atoms with Crippen molar-refractivity contribution < 1.29 is 76.7 Å². The number of carbonyl (C=O) groups excluding carboxylic acids is 9. The van der Waals surface area contributed by atoms with Crippen molar-refractivity contribution in [1.82, 2.24) is 20.4 Å². The molecule has 0 bridgehead atoms. The highest BCUT2D eigenvalue weighted by Gasteiger charge is 2.58. The molecule has 107 heavy (non-hydrogen) atoms. The van der Waals surface area contributed by atoms with Gasteiger partial charge in [0.05, 0.1) is 76.7 Å². The summed E-state index contributed by atoms with van der Waals surface area (Å²) in [6.45, 7) is 5.57. The average molecular weight is 1450 g/mol. The Bertz CT molecular complexity index is 4760. The molecule has 5 aliphatic heterocycles. The Balaban J connectivity index is 0.574. The molecular formula is C85H88N6O16. The number of Topliss-reactive ketones (excluding diaryl/α,β-unsaturated/α-hetero) is 3. The van der Waals surface area contributed by atoms with Crippen LogP contribution in [-0.4, -0.2) is 140 Å². The molecule has 1 saturated heterocycles. The minimum atomic E-state index is -1.48. The van der Waals surface area contributed by atoms with Crippen molar-refractivity contribution in [3.8, 4) is 40.6 Å². The van der Waals surface area contributed by atoms with Crippen LogP contribution < -0.4 is 44.1 Å². The summed E-state index contributed by atoms with van der Waals surface area (Å²) in [5.41, 5.74) is 7.91. The quantitative estimate of drug-likeness (QED) is 0.0304. The molecule has 3 N–H and O–H groups in total. The predicted octanol–water partition coefficient (Wildman–Crippen LogP) is 11.4. The van der Waals surface area contributed by atoms with Gasteiger partial charge in [-0.05, 0) is 156 Å². The molecule has 22 heteroatoms. The lowest BCUT2D eigenvalue weighted by Gasteiger charge is -2.31. The number of aryl methyl sites for hydroxylation is 1. The fraction of sp³-hybridized carbons (Fsp3) is 0.376. The molecule has 5 atom stereocenters. The monoisotopic (exact) mass is 1450 g/mol. The molecule has 1 unspecified atom stereocenters. The number of hydrogen-bond donors (Lipinski definition) is 3. The van der Waals surface area contributed by atoms with Gasteiger partial charge in [0.2, 0.25) is 17.7 Å². The number of benzene rings is 7. The number of methoxy groups -OCH3 is 3. The molecule has 554 valence electrons. The first-order valence-corrected chi connectivity index (χ1v) is 36.6. The molecule has 6 amide bonds. The van der Waals surface area contributed by atoms with Gasteiger partial charge in [0.25, 0.3) is 11.8 Å². The Morgan fingerprint density at radius 3 is 2.09 bits per heavy atom. The fourth-order valence-corrected chi connectivity index (χ4v) is 15.0. The lowest BCUT2D eigenvalue weighted by atomic mass is 9.89. The number of aliphatic hydroxyl groups excluding tert-OH is 1. The van der Waals surface area contributed by atoms with Crippen LogP contribution in [0.5, 0.6) is 28.7 Å². The first-order valence-electron chi connectivity index (χ1n) is 36.6. The number of para-hydroxylation sites is 1. The summed E-state index contributed by atoms with van der Waals surface area (Å²) in [5, 5.41) is 19.7. The molecule has 2 fully saturated rings. The predicted molar refractivity (Wildman–Crippen MR) is 400 cm³/mol. The lowest BCUT2D eigenvalue weighted by Crippen LogP contribution is -2.50. The van der Waals surface area contributed by atoms with Crippen molar-refractivity contribution in [2.75, 3.05) is 57.4 Å². The van der Waals surface area contributed by atoms with Gasteiger partial charge in [-0.2, -0.15) is 0 Å². The van der Waals surface area contributed by atoms with Crippen LogP contribution in [0, 0.1) is 29.1 Å². The summed E-state index contributed by atoms with van der Waals surface area (Å²) in [6, 6.07) is 39.1. The number of amides is 6. The van der Waals surface area contributed by atoms with E-state index in [0.29, 0.717) is 65.2 Å². The van der Waals surface area contributed by atoms with Crippen LogP contribution in [0.2, 0.25) is 0 Å². The fourth-order valence-electron chi connectivity index (χ4n) is 15.0. The van der Waals surface area contributed by atoms with Gasteiger partial charge in [-0.25, -0.2) is 9.69 Å². The molecule has 0 aromatic heterocycles. The Morgan fingerprint density at radius 1 is 0.673 bits per heavy atom. The molecular weight excluding hydrogens is 1360 g/mol. The minimum absolute atomic E-state index is 0.00709. The third-order valence-electron chi connectivity index (χ3n) is 21.4. The molecule has 13 rings (SSSR count). The van der Waals surface area contributed by atoms with Gasteiger partial charge in [0.15, 0.2) is 40.8 Å². The Morgan fingerprint density at radius 2 is 1.36 bits per heavy atom. The molecule has 1 aliphatic carbocycles. The largest absolute Gasteiger partial charge is 0.497 e. The van der Waals surface area contributed by atoms with E-state index >= 15 is 0 Å². The van der Waals surface area contributed by atoms with Crippen LogP contribution in [0.4, 0.5) is 16.2 Å². The van der Waals surface area contributed by atoms with E-state index in [1.54, 1.807) is 68.0 Å². The number of aliphatic hydroxyl groups is 1. The number of fused-ring (bicyclic) bond motifs is 7. The van der Waals surface area contributed by atoms with E-state index in [1.807, 2.05) is 83.9 Å². The van der Waals surface area contributed by atoms with Gasteiger partial charge >= 0.3 is 6.09 Å². The third kappa shape index (κ3) is 16.6. The number of ketones is 3. The summed E-state index contributed by atoms with van der Waals surface area (Å²) < 4.78 is 35.6. The van der Waals surface area contributed by atoms with Gasteiger partial charge in [0.1, 0.15) is 18.1 Å². The van der Waals surface area contributed by atoms with Crippen molar-refractivity contribution >= 4 is 80.7 Å². The standard InChI is InChI=1S/C85H88N6O16/c1-51(2)67(41-65(93)46-86-78(95)30-27-64(92)28-31-79(96)89-47-61-14-8-7-12-55(61)20-21-56-13-9-10-15-70(56)89)80(97)87-52(3)73(94)36-53-16-18-54(19-17-53)49-107-84(101)91-71-44-77(75(104-6)43-69(71)82(99)90-50-85(32-33-85)45-72(90)83(91)100)106-35-11-34-105-76-40-60-24-26-63-38-62(48-88(63)81(98)68(60)42-74(76)103-5)58-22-23-59-39-66(102-4)29-25-57(59)37-58/h7-10,12-19,22-23,25,29,37,39-40,42-44,48,51-52,63,67,72,83,100H,11,24,26-28,30-36,38,41,45-47,49-50H2,1-6H3,(H,86,95)(H,87,97)/t52-,63+,67-,72-,83?/m0/s1. The van der Waals surface area contributed by atoms with Crippen LogP contribution in [-0.2, 0) is 59.5 Å². The Kier molecular flexibility index (Phi) is 22.3. The summed E-state index contributed by atoms with van der Waals surface area (Å²) in [7, 11) is 4.64. The third-order valence-corrected chi connectivity index (χ3v) is 21.4. The molecule has 1 saturated carbocycles. The zero-order chi connectivity index (χ0) is 75.2. The maximum absolute atomic E-state index is 14.6. The van der Waals surface area contributed by atoms with E-state index in [9.17, 15) is 48.3 Å². The van der Waals surface area contributed by atoms with Crippen LogP contribution in [0.25, 0.3) is 16.3 Å². The van der Waals surface area contributed by atoms with E-state index < -0.39 is 47.9 Å². The first kappa shape index (κ1) is 74.0. The van der Waals surface area contributed by atoms with E-state index in [-0.39, 0.29) is 141 Å². The van der Waals surface area contributed by atoms with Crippen molar-refractivity contribution in [3.05, 3.63) is 190 Å². The SMILES string of the molecule is COc1ccc2cc(C3=CN4C(=O)c5cc(OC)c(OCCCOc6cc7c(cc6OC)C(=O)N6CC8(CC8)C[C@H]6C(O)N7C(=O)OCc6ccc(CC(=O)[C@H](C)NC(=O)[C@@H](CC(=O)CNC(=O)CCC(=O)CCC(=O)N7Cc8ccccc8C#Cc8ccccc87)C(C)C)cc6)cc5CC[C@@H]4C3)ccc2c1. The average Bonchev–Trinajstić information content (AvgIpc) is 1.57. The molecule has 22 nitrogen and oxygen atoms in total. The van der Waals surface area contributed by atoms with Crippen molar-refractivity contribution in [3.63, 3.8) is 0 Å². The van der Waals surface area contributed by atoms with E-state index in [1.165, 1.54) is 26.4 Å². The summed E-state index contributed by atoms with van der Waals surface area (Å²) in [5.74, 6) is 4.65. The maximum Gasteiger partial charge on any atom is 0.416 e. The molecule has 7 aromatic carbocycles. The second kappa shape index (κ2) is 32.2. The van der Waals surface area contributed by atoms with E-state index in [2.05, 4.69) is 40.7 Å². The number of nitrogens with one attached hydrogen (secondary N) is 2. The molecule has 5 heterocycles. The second-order valence-electron chi connectivity index (χ2n) is 29.0. The summed E-state index contributed by atoms with van der Waals surface area (Å²) in [6.07, 6.45) is 3.68. The number of ether oxygens (including phenoxy) is 6. The Hall–Kier alpha value is -11.3. The smallest absolute Gasteiger partial charge is 0.416 e. The number of anilines is 2. The molecule has 6 aliphatic rings. The molecule has 7 aromatic rings. The minimum Gasteiger partial charge on any atom is -0.497 e. The highest BCUT2D eigenvalue weighted by molar-refractivity contribution is 6.06. The van der Waals surface area contributed by atoms with Crippen molar-refractivity contribution in [2.45, 2.75) is 142 Å². The van der Waals surface area contributed by atoms with Gasteiger partial charge < -0.3 is 58.9 Å². The normalized spacial score (nSPS) is 17.7. The van der Waals surface area contributed by atoms with E-state index in [0.717, 1.165) is 74.9 Å². The van der Waals surface area contributed by atoms with Crippen molar-refractivity contribution in [2.24, 2.45) is 17.3 Å². The summed E-state index contributed by atoms with van der Waals surface area (Å²) in [4.78, 5) is 130. The highest BCUT2D eigenvalue weighted by Crippen LogP contribution is 2.57. The van der Waals surface area contributed by atoms with Crippen LogP contribution in [0.3, 0.4) is 0 Å². The summed E-state index contributed by atoms with van der Waals surface area (Å²) >= 11 is 0.